The van der Waals surface area contributed by atoms with Gasteiger partial charge in [0.15, 0.2) is 0 Å². The first-order valence-corrected chi connectivity index (χ1v) is 8.90. The molecule has 0 fully saturated rings. The van der Waals surface area contributed by atoms with E-state index in [0.29, 0.717) is 0 Å². The lowest BCUT2D eigenvalue weighted by Crippen LogP contribution is -2.75. The van der Waals surface area contributed by atoms with Crippen LogP contribution in [0.5, 0.6) is 0 Å². The van der Waals surface area contributed by atoms with Gasteiger partial charge in [0.2, 0.25) is 0 Å². The highest BCUT2D eigenvalue weighted by molar-refractivity contribution is 6.73. The molecule has 3 nitrogen and oxygen atoms in total. The van der Waals surface area contributed by atoms with Gasteiger partial charge in [0, 0.05) is 0 Å². The van der Waals surface area contributed by atoms with Crippen LogP contribution in [0.4, 0.5) is 0 Å². The summed E-state index contributed by atoms with van der Waals surface area (Å²) < 4.78 is 2.63. The summed E-state index contributed by atoms with van der Waals surface area (Å²) >= 11 is 0. The van der Waals surface area contributed by atoms with Crippen molar-refractivity contribution in [3.8, 4) is 0 Å². The smallest absolute Gasteiger partial charge is 0.286 e. The molecule has 0 saturated heterocycles. The lowest BCUT2D eigenvalue weighted by atomic mass is 10.4. The van der Waals surface area contributed by atoms with Crippen molar-refractivity contribution < 1.29 is 0 Å². The minimum Gasteiger partial charge on any atom is -0.313 e. The minimum atomic E-state index is -1.70. The second-order valence-electron chi connectivity index (χ2n) is 4.31. The maximum absolute atomic E-state index is 3.80. The van der Waals surface area contributed by atoms with E-state index in [1.54, 1.807) is 0 Å². The van der Waals surface area contributed by atoms with E-state index < -0.39 is 8.56 Å². The molecule has 0 aliphatic carbocycles. The number of nitrogens with one attached hydrogen (secondary N) is 2. The van der Waals surface area contributed by atoms with E-state index >= 15 is 0 Å². The van der Waals surface area contributed by atoms with Crippen LogP contribution >= 0.6 is 0 Å². The van der Waals surface area contributed by atoms with E-state index in [9.17, 15) is 0 Å². The SMILES string of the molecule is CCN[Si](NCC)(C(C)CC)N(CC)CC. The topological polar surface area (TPSA) is 27.3 Å². The number of hydrogen-bond acceptors (Lipinski definition) is 3. The summed E-state index contributed by atoms with van der Waals surface area (Å²) in [6, 6.07) is 0. The first-order chi connectivity index (χ1) is 7.62. The Labute approximate surface area is 103 Å². The van der Waals surface area contributed by atoms with Gasteiger partial charge in [-0.25, -0.2) is 0 Å². The van der Waals surface area contributed by atoms with E-state index in [1.165, 1.54) is 6.42 Å². The van der Waals surface area contributed by atoms with Gasteiger partial charge in [-0.1, -0.05) is 48.0 Å². The normalized spacial score (nSPS) is 14.4. The molecule has 0 aliphatic heterocycles. The maximum Gasteiger partial charge on any atom is 0.286 e. The molecule has 0 radical (unpaired) electrons. The molecule has 4 heteroatoms. The van der Waals surface area contributed by atoms with Crippen LogP contribution in [0.2, 0.25) is 5.54 Å². The van der Waals surface area contributed by atoms with Gasteiger partial charge in [0.25, 0.3) is 8.56 Å². The summed E-state index contributed by atoms with van der Waals surface area (Å²) in [5.74, 6) is 0. The summed E-state index contributed by atoms with van der Waals surface area (Å²) in [4.78, 5) is 7.61. The van der Waals surface area contributed by atoms with Crippen LogP contribution in [0.1, 0.15) is 48.0 Å². The Morgan fingerprint density at radius 1 is 0.938 bits per heavy atom. The van der Waals surface area contributed by atoms with Crippen LogP contribution in [0.15, 0.2) is 0 Å². The molecule has 0 rings (SSSR count). The largest absolute Gasteiger partial charge is 0.313 e. The van der Waals surface area contributed by atoms with Crippen molar-refractivity contribution in [1.82, 2.24) is 14.5 Å². The third-order valence-electron chi connectivity index (χ3n) is 3.48. The van der Waals surface area contributed by atoms with Crippen LogP contribution in [0, 0.1) is 0 Å². The van der Waals surface area contributed by atoms with Gasteiger partial charge in [-0.3, -0.25) is 4.57 Å². The molecule has 0 heterocycles. The van der Waals surface area contributed by atoms with E-state index in [2.05, 4.69) is 56.1 Å². The third kappa shape index (κ3) is 3.55. The highest BCUT2D eigenvalue weighted by Crippen LogP contribution is 2.23. The zero-order chi connectivity index (χ0) is 12.6. The highest BCUT2D eigenvalue weighted by atomic mass is 28.4. The Hall–Kier alpha value is 0.0969. The van der Waals surface area contributed by atoms with Crippen LogP contribution in [0.25, 0.3) is 0 Å². The van der Waals surface area contributed by atoms with E-state index in [-0.39, 0.29) is 0 Å². The molecule has 1 atom stereocenters. The van der Waals surface area contributed by atoms with Gasteiger partial charge in [-0.05, 0) is 31.7 Å². The van der Waals surface area contributed by atoms with Crippen molar-refractivity contribution in [2.45, 2.75) is 53.5 Å². The van der Waals surface area contributed by atoms with Crippen LogP contribution in [-0.4, -0.2) is 39.3 Å². The molecule has 0 aromatic heterocycles. The van der Waals surface area contributed by atoms with Gasteiger partial charge in [0.05, 0.1) is 0 Å². The second kappa shape index (κ2) is 8.23. The third-order valence-corrected chi connectivity index (χ3v) is 8.73. The van der Waals surface area contributed by atoms with Crippen LogP contribution in [0.3, 0.4) is 0 Å². The number of nitrogens with zero attached hydrogens (tertiary/aromatic N) is 1. The Morgan fingerprint density at radius 2 is 1.38 bits per heavy atom. The van der Waals surface area contributed by atoms with Crippen molar-refractivity contribution in [3.05, 3.63) is 0 Å². The summed E-state index contributed by atoms with van der Waals surface area (Å²) in [5, 5.41) is 0. The average Bonchev–Trinajstić information content (AvgIpc) is 2.29. The van der Waals surface area contributed by atoms with Crippen molar-refractivity contribution in [2.24, 2.45) is 0 Å². The lowest BCUT2D eigenvalue weighted by Gasteiger charge is -2.45. The molecule has 1 unspecified atom stereocenters. The molecule has 98 valence electrons. The van der Waals surface area contributed by atoms with E-state index in [1.807, 2.05) is 0 Å². The van der Waals surface area contributed by atoms with Crippen molar-refractivity contribution in [2.75, 3.05) is 26.2 Å². The Bertz CT molecular complexity index is 166. The average molecular weight is 245 g/mol. The fraction of sp³-hybridized carbons (Fsp3) is 1.00. The summed E-state index contributed by atoms with van der Waals surface area (Å²) in [5.41, 5.74) is 0.729. The Kier molecular flexibility index (Phi) is 8.28. The predicted octanol–water partition coefficient (Wildman–Crippen LogP) is 2.29. The van der Waals surface area contributed by atoms with Gasteiger partial charge >= 0.3 is 0 Å². The first-order valence-electron chi connectivity index (χ1n) is 6.87. The first kappa shape index (κ1) is 16.1. The fourth-order valence-electron chi connectivity index (χ4n) is 2.50. The zero-order valence-corrected chi connectivity index (χ0v) is 13.1. The Morgan fingerprint density at radius 3 is 1.62 bits per heavy atom. The molecule has 0 aliphatic rings. The number of rotatable bonds is 9. The van der Waals surface area contributed by atoms with Gasteiger partial charge < -0.3 is 9.96 Å². The van der Waals surface area contributed by atoms with E-state index in [0.717, 1.165) is 31.7 Å². The van der Waals surface area contributed by atoms with E-state index in [4.69, 9.17) is 0 Å². The molecule has 0 bridgehead atoms. The van der Waals surface area contributed by atoms with Gasteiger partial charge in [-0.2, -0.15) is 0 Å². The molecule has 0 saturated carbocycles. The van der Waals surface area contributed by atoms with Gasteiger partial charge in [-0.15, -0.1) is 0 Å². The zero-order valence-electron chi connectivity index (χ0n) is 12.1. The van der Waals surface area contributed by atoms with Crippen molar-refractivity contribution in [1.29, 1.82) is 0 Å². The summed E-state index contributed by atoms with van der Waals surface area (Å²) in [7, 11) is -1.70. The number of hydrogen-bond donors (Lipinski definition) is 2. The quantitative estimate of drug-likeness (QED) is 0.610. The minimum absolute atomic E-state index is 0.729. The van der Waals surface area contributed by atoms with Crippen LogP contribution in [-0.2, 0) is 0 Å². The summed E-state index contributed by atoms with van der Waals surface area (Å²) in [6.07, 6.45) is 1.24. The molecule has 0 spiro atoms. The standard InChI is InChI=1S/C12H31N3Si/c1-7-12(6)16(13-8-2,14-9-3)15(10-4)11-5/h12-14H,7-11H2,1-6H3. The molecule has 2 N–H and O–H groups in total. The predicted molar refractivity (Wildman–Crippen MR) is 75.7 cm³/mol. The molecule has 0 amide bonds. The Balaban J connectivity index is 5.03. The fourth-order valence-corrected chi connectivity index (χ4v) is 7.06. The van der Waals surface area contributed by atoms with Crippen molar-refractivity contribution >= 4 is 8.56 Å². The molecular formula is C12H31N3Si. The van der Waals surface area contributed by atoms with Crippen LogP contribution < -0.4 is 9.96 Å². The van der Waals surface area contributed by atoms with Crippen molar-refractivity contribution in [3.63, 3.8) is 0 Å². The molecule has 0 aromatic carbocycles. The maximum atomic E-state index is 3.80. The van der Waals surface area contributed by atoms with Gasteiger partial charge in [0.1, 0.15) is 0 Å². The molecule has 0 aromatic rings. The highest BCUT2D eigenvalue weighted by Gasteiger charge is 2.42. The summed E-state index contributed by atoms with van der Waals surface area (Å²) in [6.45, 7) is 18.0. The second-order valence-corrected chi connectivity index (χ2v) is 8.17. The molecular weight excluding hydrogens is 214 g/mol. The lowest BCUT2D eigenvalue weighted by molar-refractivity contribution is 0.415. The molecule has 16 heavy (non-hydrogen) atoms. The monoisotopic (exact) mass is 245 g/mol.